The van der Waals surface area contributed by atoms with Crippen molar-refractivity contribution >= 4 is 44.9 Å². The van der Waals surface area contributed by atoms with Gasteiger partial charge in [-0.2, -0.15) is 5.26 Å². The standard InChI is InChI=1S/C37H34ClF2N5O2/c1-22(39)36(46)44-17-11-31-32(44)20-45(31)34-25(10-14-41)35(47-21-37-12-4-15-43(37)16-5-13-37)42-30-19-26(29(40)18-27(30)34)24-8-2-6-23-7-3-9-28(38)33(23)24/h2-3,6-9,18-19,31-32H,1,4-5,10-13,15-17,20-21H2/t31-,32-/m1/s1. The molecule has 1 amide bonds. The van der Waals surface area contributed by atoms with E-state index in [-0.39, 0.29) is 24.0 Å². The Bertz CT molecular complexity index is 2000. The van der Waals surface area contributed by atoms with Crippen molar-refractivity contribution in [3.8, 4) is 23.1 Å². The molecule has 0 spiro atoms. The van der Waals surface area contributed by atoms with Crippen LogP contribution in [0.25, 0.3) is 32.8 Å². The SMILES string of the molecule is C=C(F)C(=O)N1CC[C@@H]2[C@H]1CN2c1c(CC#N)c(OCC23CCCN2CCC3)nc2cc(-c3cccc4cccc(Cl)c34)c(F)cc12. The van der Waals surface area contributed by atoms with E-state index in [1.54, 1.807) is 12.1 Å². The number of nitrogens with zero attached hydrogens (tertiary/aromatic N) is 5. The Morgan fingerprint density at radius 3 is 2.62 bits per heavy atom. The van der Waals surface area contributed by atoms with Gasteiger partial charge in [-0.3, -0.25) is 9.69 Å². The molecule has 4 aliphatic rings. The van der Waals surface area contributed by atoms with E-state index in [0.717, 1.165) is 49.5 Å². The first-order chi connectivity index (χ1) is 22.8. The number of carbonyl (C=O) groups excluding carboxylic acids is 1. The lowest BCUT2D eigenvalue weighted by Gasteiger charge is -2.49. The minimum Gasteiger partial charge on any atom is -0.475 e. The van der Waals surface area contributed by atoms with E-state index in [4.69, 9.17) is 21.3 Å². The number of pyridine rings is 1. The highest BCUT2D eigenvalue weighted by Gasteiger charge is 2.50. The fraction of sp³-hybridized carbons (Fsp3) is 0.378. The van der Waals surface area contributed by atoms with E-state index in [2.05, 4.69) is 22.4 Å². The van der Waals surface area contributed by atoms with Crippen LogP contribution in [0, 0.1) is 17.1 Å². The molecule has 4 aliphatic heterocycles. The number of aromatic nitrogens is 1. The zero-order valence-electron chi connectivity index (χ0n) is 25.9. The van der Waals surface area contributed by atoms with E-state index in [1.807, 2.05) is 30.3 Å². The summed E-state index contributed by atoms with van der Waals surface area (Å²) in [6.07, 6.45) is 4.99. The van der Waals surface area contributed by atoms with Crippen molar-refractivity contribution in [2.75, 3.05) is 37.7 Å². The van der Waals surface area contributed by atoms with Crippen molar-refractivity contribution in [1.82, 2.24) is 14.8 Å². The third-order valence-electron chi connectivity index (χ3n) is 10.9. The van der Waals surface area contributed by atoms with Crippen molar-refractivity contribution in [2.24, 2.45) is 0 Å². The van der Waals surface area contributed by atoms with Crippen molar-refractivity contribution in [2.45, 2.75) is 56.1 Å². The average molecular weight is 654 g/mol. The summed E-state index contributed by atoms with van der Waals surface area (Å²) < 4.78 is 36.9. The number of ether oxygens (including phenoxy) is 1. The van der Waals surface area contributed by atoms with Crippen LogP contribution in [0.5, 0.6) is 5.88 Å². The molecule has 0 saturated carbocycles. The van der Waals surface area contributed by atoms with Gasteiger partial charge in [-0.25, -0.2) is 13.8 Å². The number of nitriles is 1. The average Bonchev–Trinajstić information content (AvgIpc) is 3.73. The predicted octanol–water partition coefficient (Wildman–Crippen LogP) is 7.19. The minimum absolute atomic E-state index is 0.0183. The van der Waals surface area contributed by atoms with E-state index < -0.39 is 17.6 Å². The van der Waals surface area contributed by atoms with Crippen LogP contribution in [0.2, 0.25) is 5.02 Å². The van der Waals surface area contributed by atoms with Crippen LogP contribution in [0.1, 0.15) is 37.7 Å². The lowest BCUT2D eigenvalue weighted by molar-refractivity contribution is -0.130. The van der Waals surface area contributed by atoms with Gasteiger partial charge in [-0.1, -0.05) is 48.5 Å². The maximum Gasteiger partial charge on any atom is 0.282 e. The molecular formula is C37H34ClF2N5O2. The van der Waals surface area contributed by atoms with Gasteiger partial charge >= 0.3 is 0 Å². The molecule has 7 nitrogen and oxygen atoms in total. The zero-order chi connectivity index (χ0) is 32.4. The highest BCUT2D eigenvalue weighted by Crippen LogP contribution is 2.47. The Balaban J connectivity index is 1.28. The summed E-state index contributed by atoms with van der Waals surface area (Å²) in [5, 5.41) is 12.8. The summed E-state index contributed by atoms with van der Waals surface area (Å²) in [5.74, 6) is -1.73. The summed E-state index contributed by atoms with van der Waals surface area (Å²) in [4.78, 5) is 23.7. The van der Waals surface area contributed by atoms with E-state index >= 15 is 4.39 Å². The topological polar surface area (TPSA) is 72.7 Å². The first-order valence-electron chi connectivity index (χ1n) is 16.3. The van der Waals surface area contributed by atoms with Gasteiger partial charge in [0.2, 0.25) is 5.88 Å². The lowest BCUT2D eigenvalue weighted by Crippen LogP contribution is -2.63. The van der Waals surface area contributed by atoms with Crippen LogP contribution >= 0.6 is 11.6 Å². The van der Waals surface area contributed by atoms with Crippen LogP contribution in [0.4, 0.5) is 14.5 Å². The Morgan fingerprint density at radius 2 is 1.87 bits per heavy atom. The molecule has 4 fully saturated rings. The molecule has 47 heavy (non-hydrogen) atoms. The number of halogens is 3. The Morgan fingerprint density at radius 1 is 1.11 bits per heavy atom. The third kappa shape index (κ3) is 4.76. The van der Waals surface area contributed by atoms with Gasteiger partial charge in [0.25, 0.3) is 5.91 Å². The molecule has 0 radical (unpaired) electrons. The normalized spacial score (nSPS) is 21.5. The third-order valence-corrected chi connectivity index (χ3v) is 11.2. The second kappa shape index (κ2) is 11.5. The second-order valence-corrected chi connectivity index (χ2v) is 13.7. The van der Waals surface area contributed by atoms with E-state index in [1.165, 1.54) is 11.0 Å². The number of rotatable bonds is 7. The molecule has 3 aromatic carbocycles. The number of carbonyl (C=O) groups is 1. The molecule has 4 aromatic rings. The number of hydrogen-bond acceptors (Lipinski definition) is 6. The fourth-order valence-corrected chi connectivity index (χ4v) is 8.93. The highest BCUT2D eigenvalue weighted by molar-refractivity contribution is 6.36. The summed E-state index contributed by atoms with van der Waals surface area (Å²) in [6, 6.07) is 16.5. The van der Waals surface area contributed by atoms with Gasteiger partial charge in [0.1, 0.15) is 12.4 Å². The summed E-state index contributed by atoms with van der Waals surface area (Å²) in [7, 11) is 0. The van der Waals surface area contributed by atoms with Crippen LogP contribution < -0.4 is 9.64 Å². The molecule has 4 saturated heterocycles. The first kappa shape index (κ1) is 30.1. The number of likely N-dealkylation sites (tertiary alicyclic amines) is 1. The van der Waals surface area contributed by atoms with Crippen LogP contribution in [0.3, 0.4) is 0 Å². The summed E-state index contributed by atoms with van der Waals surface area (Å²) in [5.41, 5.74) is 2.82. The molecule has 0 aliphatic carbocycles. The van der Waals surface area contributed by atoms with Gasteiger partial charge in [0, 0.05) is 34.4 Å². The lowest BCUT2D eigenvalue weighted by atomic mass is 9.91. The van der Waals surface area contributed by atoms with Crippen LogP contribution in [-0.4, -0.2) is 71.1 Å². The van der Waals surface area contributed by atoms with Crippen molar-refractivity contribution in [1.29, 1.82) is 5.26 Å². The first-order valence-corrected chi connectivity index (χ1v) is 16.7. The van der Waals surface area contributed by atoms with Crippen molar-refractivity contribution < 1.29 is 18.3 Å². The number of amides is 1. The minimum atomic E-state index is -0.977. The van der Waals surface area contributed by atoms with Crippen LogP contribution in [0.15, 0.2) is 60.9 Å². The van der Waals surface area contributed by atoms with Gasteiger partial charge in [0.05, 0.1) is 46.9 Å². The molecule has 8 rings (SSSR count). The maximum atomic E-state index is 16.4. The van der Waals surface area contributed by atoms with Gasteiger partial charge < -0.3 is 14.5 Å². The molecule has 1 aromatic heterocycles. The molecule has 10 heteroatoms. The number of fused-ring (bicyclic) bond motifs is 4. The number of anilines is 1. The fourth-order valence-electron chi connectivity index (χ4n) is 8.65. The number of hydrogen-bond donors (Lipinski definition) is 0. The zero-order valence-corrected chi connectivity index (χ0v) is 26.7. The van der Waals surface area contributed by atoms with Crippen molar-refractivity contribution in [3.63, 3.8) is 0 Å². The summed E-state index contributed by atoms with van der Waals surface area (Å²) in [6.45, 7) is 6.59. The van der Waals surface area contributed by atoms with E-state index in [9.17, 15) is 14.4 Å². The Labute approximate surface area is 277 Å². The second-order valence-electron chi connectivity index (χ2n) is 13.3. The Kier molecular flexibility index (Phi) is 7.34. The quantitative estimate of drug-likeness (QED) is 0.197. The smallest absolute Gasteiger partial charge is 0.282 e. The van der Waals surface area contributed by atoms with E-state index in [0.29, 0.717) is 70.3 Å². The van der Waals surface area contributed by atoms with Gasteiger partial charge in [-0.15, -0.1) is 0 Å². The largest absolute Gasteiger partial charge is 0.475 e. The molecule has 0 bridgehead atoms. The Hall–Kier alpha value is -4.26. The molecular weight excluding hydrogens is 620 g/mol. The predicted molar refractivity (Wildman–Crippen MR) is 179 cm³/mol. The van der Waals surface area contributed by atoms with Crippen molar-refractivity contribution in [3.05, 3.63) is 77.3 Å². The molecule has 240 valence electrons. The monoisotopic (exact) mass is 653 g/mol. The van der Waals surface area contributed by atoms with Crippen LogP contribution in [-0.2, 0) is 11.2 Å². The molecule has 0 N–H and O–H groups in total. The van der Waals surface area contributed by atoms with Gasteiger partial charge in [0.15, 0.2) is 5.83 Å². The number of benzene rings is 3. The summed E-state index contributed by atoms with van der Waals surface area (Å²) >= 11 is 6.65. The molecule has 5 heterocycles. The maximum absolute atomic E-state index is 16.4. The molecule has 0 unspecified atom stereocenters. The van der Waals surface area contributed by atoms with Gasteiger partial charge in [-0.05, 0) is 74.3 Å². The molecule has 2 atom stereocenters. The highest BCUT2D eigenvalue weighted by atomic mass is 35.5.